The Labute approximate surface area is 173 Å². The molecule has 1 aliphatic rings. The normalized spacial score (nSPS) is 16.8. The number of carbonyl (C=O) groups is 2. The number of nitrogens with one attached hydrogen (secondary N) is 1. The van der Waals surface area contributed by atoms with Crippen LogP contribution in [0.3, 0.4) is 0 Å². The monoisotopic (exact) mass is 411 g/mol. The van der Waals surface area contributed by atoms with Crippen molar-refractivity contribution >= 4 is 39.7 Å². The minimum atomic E-state index is -0.415. The number of anilines is 2. The summed E-state index contributed by atoms with van der Waals surface area (Å²) in [7, 11) is 0. The predicted octanol–water partition coefficient (Wildman–Crippen LogP) is 3.52. The molecule has 1 aromatic carbocycles. The summed E-state index contributed by atoms with van der Waals surface area (Å²) in [4.78, 5) is 33.7. The Bertz CT molecular complexity index is 1080. The molecule has 1 fully saturated rings. The summed E-state index contributed by atoms with van der Waals surface area (Å²) in [5.74, 6) is -0.341. The van der Waals surface area contributed by atoms with Gasteiger partial charge in [-0.15, -0.1) is 5.10 Å². The van der Waals surface area contributed by atoms with Crippen LogP contribution in [0.5, 0.6) is 0 Å². The lowest BCUT2D eigenvalue weighted by Gasteiger charge is -2.23. The third-order valence-corrected chi connectivity index (χ3v) is 6.66. The van der Waals surface area contributed by atoms with Crippen LogP contribution >= 0.6 is 11.3 Å². The van der Waals surface area contributed by atoms with Crippen LogP contribution in [0, 0.1) is 19.8 Å². The van der Waals surface area contributed by atoms with Crippen molar-refractivity contribution in [1.29, 1.82) is 0 Å². The average Bonchev–Trinajstić information content (AvgIpc) is 3.36. The molecule has 1 N–H and O–H groups in total. The lowest BCUT2D eigenvalue weighted by atomic mass is 10.0. The number of benzene rings is 1. The van der Waals surface area contributed by atoms with E-state index < -0.39 is 5.92 Å². The number of aryl methyl sites for hydroxylation is 4. The van der Waals surface area contributed by atoms with Gasteiger partial charge in [-0.05, 0) is 37.8 Å². The number of fused-ring (bicyclic) bond motifs is 1. The highest BCUT2D eigenvalue weighted by Crippen LogP contribution is 2.33. The van der Waals surface area contributed by atoms with Gasteiger partial charge < -0.3 is 4.90 Å². The number of nitrogens with zero attached hydrogens (tertiary/aromatic N) is 4. The Morgan fingerprint density at radius 2 is 1.93 bits per heavy atom. The molecular weight excluding hydrogens is 386 g/mol. The van der Waals surface area contributed by atoms with Crippen molar-refractivity contribution in [3.63, 3.8) is 0 Å². The first-order valence-electron chi connectivity index (χ1n) is 9.97. The van der Waals surface area contributed by atoms with Gasteiger partial charge in [-0.25, -0.2) is 4.52 Å². The maximum atomic E-state index is 12.8. The topological polar surface area (TPSA) is 79.6 Å². The van der Waals surface area contributed by atoms with E-state index in [2.05, 4.69) is 41.4 Å². The molecule has 2 aromatic heterocycles. The molecule has 1 atom stereocenters. The Balaban J connectivity index is 1.53. The lowest BCUT2D eigenvalue weighted by molar-refractivity contribution is -0.122. The van der Waals surface area contributed by atoms with Crippen LogP contribution in [-0.4, -0.2) is 33.0 Å². The van der Waals surface area contributed by atoms with Gasteiger partial charge in [0.05, 0.1) is 11.6 Å². The number of aromatic nitrogens is 3. The molecule has 29 heavy (non-hydrogen) atoms. The molecule has 4 rings (SSSR count). The molecule has 3 heterocycles. The zero-order valence-electron chi connectivity index (χ0n) is 17.2. The summed E-state index contributed by atoms with van der Waals surface area (Å²) in [6.07, 6.45) is 1.89. The van der Waals surface area contributed by atoms with E-state index in [1.807, 2.05) is 19.9 Å². The van der Waals surface area contributed by atoms with Gasteiger partial charge in [0, 0.05) is 23.5 Å². The number of carbonyl (C=O) groups excluding carboxylic acids is 2. The van der Waals surface area contributed by atoms with E-state index in [0.29, 0.717) is 12.5 Å². The average molecular weight is 412 g/mol. The van der Waals surface area contributed by atoms with Crippen molar-refractivity contribution in [2.75, 3.05) is 16.8 Å². The fourth-order valence-electron chi connectivity index (χ4n) is 3.87. The zero-order chi connectivity index (χ0) is 20.7. The summed E-state index contributed by atoms with van der Waals surface area (Å²) in [5, 5.41) is 7.18. The van der Waals surface area contributed by atoms with Gasteiger partial charge in [0.2, 0.25) is 22.7 Å². The molecule has 1 saturated heterocycles. The standard InChI is InChI=1S/C21H25N5O2S/c1-5-14-8-7-9-15(6-2)18(14)25-11-16(10-17(25)27)19(28)22-20-23-21-26(24-20)12(3)13(4)29-21/h7-9,16H,5-6,10-11H2,1-4H3,(H,22,24,28). The summed E-state index contributed by atoms with van der Waals surface area (Å²) in [6.45, 7) is 8.55. The Kier molecular flexibility index (Phi) is 5.12. The fourth-order valence-corrected chi connectivity index (χ4v) is 4.77. The molecule has 152 valence electrons. The van der Waals surface area contributed by atoms with Crippen molar-refractivity contribution in [3.05, 3.63) is 39.9 Å². The number of hydrogen-bond donors (Lipinski definition) is 1. The smallest absolute Gasteiger partial charge is 0.250 e. The number of rotatable bonds is 5. The highest BCUT2D eigenvalue weighted by Gasteiger charge is 2.37. The van der Waals surface area contributed by atoms with E-state index >= 15 is 0 Å². The molecule has 3 aromatic rings. The molecule has 0 spiro atoms. The maximum Gasteiger partial charge on any atom is 0.250 e. The van der Waals surface area contributed by atoms with Crippen LogP contribution in [0.2, 0.25) is 0 Å². The van der Waals surface area contributed by atoms with Crippen LogP contribution in [-0.2, 0) is 22.4 Å². The van der Waals surface area contributed by atoms with E-state index in [0.717, 1.165) is 45.2 Å². The van der Waals surface area contributed by atoms with Crippen molar-refractivity contribution in [2.45, 2.75) is 47.0 Å². The molecule has 2 amide bonds. The molecule has 1 unspecified atom stereocenters. The molecule has 7 nitrogen and oxygen atoms in total. The van der Waals surface area contributed by atoms with E-state index in [9.17, 15) is 9.59 Å². The summed E-state index contributed by atoms with van der Waals surface area (Å²) < 4.78 is 1.74. The highest BCUT2D eigenvalue weighted by atomic mass is 32.1. The van der Waals surface area contributed by atoms with Gasteiger partial charge in [0.1, 0.15) is 0 Å². The van der Waals surface area contributed by atoms with Crippen molar-refractivity contribution < 1.29 is 9.59 Å². The molecule has 0 saturated carbocycles. The molecular formula is C21H25N5O2S. The van der Waals surface area contributed by atoms with E-state index in [1.54, 1.807) is 20.8 Å². The Hall–Kier alpha value is -2.74. The van der Waals surface area contributed by atoms with Crippen molar-refractivity contribution in [3.8, 4) is 0 Å². The molecule has 1 aliphatic heterocycles. The summed E-state index contributed by atoms with van der Waals surface area (Å²) in [6, 6.07) is 6.15. The van der Waals surface area contributed by atoms with Crippen LogP contribution in [0.1, 0.15) is 42.0 Å². The van der Waals surface area contributed by atoms with Gasteiger partial charge >= 0.3 is 0 Å². The third kappa shape index (κ3) is 3.42. The second-order valence-electron chi connectivity index (χ2n) is 7.40. The molecule has 8 heteroatoms. The molecule has 0 radical (unpaired) electrons. The van der Waals surface area contributed by atoms with Crippen molar-refractivity contribution in [2.24, 2.45) is 5.92 Å². The van der Waals surface area contributed by atoms with Crippen LogP contribution in [0.25, 0.3) is 4.96 Å². The largest absolute Gasteiger partial charge is 0.311 e. The highest BCUT2D eigenvalue weighted by molar-refractivity contribution is 7.17. The van der Waals surface area contributed by atoms with Gasteiger partial charge in [-0.3, -0.25) is 14.9 Å². The number of thiazole rings is 1. The first-order valence-corrected chi connectivity index (χ1v) is 10.8. The summed E-state index contributed by atoms with van der Waals surface area (Å²) in [5.41, 5.74) is 4.27. The molecule has 0 aliphatic carbocycles. The van der Waals surface area contributed by atoms with E-state index in [1.165, 1.54) is 0 Å². The quantitative estimate of drug-likeness (QED) is 0.697. The molecule has 0 bridgehead atoms. The van der Waals surface area contributed by atoms with Crippen LogP contribution < -0.4 is 10.2 Å². The first-order chi connectivity index (χ1) is 13.9. The maximum absolute atomic E-state index is 12.8. The minimum absolute atomic E-state index is 0.00833. The summed E-state index contributed by atoms with van der Waals surface area (Å²) >= 11 is 1.54. The number of para-hydroxylation sites is 1. The number of amides is 2. The van der Waals surface area contributed by atoms with E-state index in [-0.39, 0.29) is 18.2 Å². The Morgan fingerprint density at radius 1 is 1.24 bits per heavy atom. The zero-order valence-corrected chi connectivity index (χ0v) is 18.0. The van der Waals surface area contributed by atoms with Crippen molar-refractivity contribution in [1.82, 2.24) is 14.6 Å². The lowest BCUT2D eigenvalue weighted by Crippen LogP contribution is -2.29. The number of hydrogen-bond acceptors (Lipinski definition) is 5. The van der Waals surface area contributed by atoms with E-state index in [4.69, 9.17) is 0 Å². The van der Waals surface area contributed by atoms with Crippen LogP contribution in [0.4, 0.5) is 11.6 Å². The van der Waals surface area contributed by atoms with Gasteiger partial charge in [0.25, 0.3) is 0 Å². The Morgan fingerprint density at radius 3 is 2.55 bits per heavy atom. The van der Waals surface area contributed by atoms with Gasteiger partial charge in [0.15, 0.2) is 0 Å². The minimum Gasteiger partial charge on any atom is -0.311 e. The second kappa shape index (κ2) is 7.59. The second-order valence-corrected chi connectivity index (χ2v) is 8.58. The third-order valence-electron chi connectivity index (χ3n) is 5.61. The predicted molar refractivity (Wildman–Crippen MR) is 115 cm³/mol. The van der Waals surface area contributed by atoms with Gasteiger partial charge in [-0.2, -0.15) is 4.98 Å². The van der Waals surface area contributed by atoms with Gasteiger partial charge in [-0.1, -0.05) is 43.4 Å². The fraction of sp³-hybridized carbons (Fsp3) is 0.429. The van der Waals surface area contributed by atoms with Crippen LogP contribution in [0.15, 0.2) is 18.2 Å². The first kappa shape index (κ1) is 19.6. The SMILES string of the molecule is CCc1cccc(CC)c1N1CC(C(=O)Nc2nc3sc(C)c(C)n3n2)CC1=O.